The van der Waals surface area contributed by atoms with Crippen LogP contribution in [-0.4, -0.2) is 0 Å². The van der Waals surface area contributed by atoms with Gasteiger partial charge in [-0.2, -0.15) is 0 Å². The van der Waals surface area contributed by atoms with Crippen LogP contribution < -0.4 is 4.90 Å². The first-order chi connectivity index (χ1) is 33.3. The van der Waals surface area contributed by atoms with Gasteiger partial charge in [0.05, 0.1) is 23.3 Å². The van der Waals surface area contributed by atoms with Crippen molar-refractivity contribution in [3.63, 3.8) is 0 Å². The van der Waals surface area contributed by atoms with E-state index < -0.39 is 131 Å². The standard InChI is InChI=1S/C52H37N/c1-3-11-38(12-4-1)41-23-29-50(30-24-41)53(51-31-25-42(26-32-51)46-18-9-17-45(35-46)39-13-5-2-6-14-39)52-33-27-43(28-34-52)47-19-10-20-48(36-47)49-22-21-40-15-7-8-16-44(40)37-49/h1-37H/i1D,3D,4D,11D,12D,23D,24D,25D,26D,27D,28D,29D,30D,31D,32D,33D,34D. The number of hydrogen-bond donors (Lipinski definition) is 0. The Bertz CT molecular complexity index is 3530. The molecular formula is C52H37N. The second-order valence-corrected chi connectivity index (χ2v) is 12.1. The van der Waals surface area contributed by atoms with Crippen LogP contribution >= 0.6 is 0 Å². The Morgan fingerprint density at radius 1 is 0.264 bits per heavy atom. The molecule has 0 fully saturated rings. The van der Waals surface area contributed by atoms with E-state index in [-0.39, 0.29) is 11.1 Å². The molecule has 0 aliphatic rings. The van der Waals surface area contributed by atoms with Crippen molar-refractivity contribution in [2.45, 2.75) is 0 Å². The van der Waals surface area contributed by atoms with E-state index >= 15 is 0 Å². The summed E-state index contributed by atoms with van der Waals surface area (Å²) in [5.74, 6) is 0. The van der Waals surface area contributed by atoms with Gasteiger partial charge in [-0.15, -0.1) is 0 Å². The molecule has 0 bridgehead atoms. The molecule has 53 heavy (non-hydrogen) atoms. The summed E-state index contributed by atoms with van der Waals surface area (Å²) in [6.07, 6.45) is 0. The van der Waals surface area contributed by atoms with Crippen molar-refractivity contribution in [3.05, 3.63) is 224 Å². The Morgan fingerprint density at radius 2 is 0.660 bits per heavy atom. The molecule has 0 unspecified atom stereocenters. The molecule has 0 saturated carbocycles. The summed E-state index contributed by atoms with van der Waals surface area (Å²) in [6, 6.07) is 23.0. The first-order valence-corrected chi connectivity index (χ1v) is 16.8. The van der Waals surface area contributed by atoms with E-state index in [0.717, 1.165) is 21.9 Å². The van der Waals surface area contributed by atoms with Crippen LogP contribution in [0.2, 0.25) is 0 Å². The molecule has 1 nitrogen and oxygen atoms in total. The van der Waals surface area contributed by atoms with Gasteiger partial charge >= 0.3 is 0 Å². The SMILES string of the molecule is [2H]c1c([2H])c([2H])c(-c2c([2H])c([2H])c(N(c3c([2H])c([2H])c(-c4cccc(-c5ccccc5)c4)c([2H])c3[2H])c3c([2H])c([2H])c(-c4cccc(-c5ccc6ccccc6c5)c4)c([2H])c3[2H])c([2H])c2[2H])c([2H])c1[2H]. The summed E-state index contributed by atoms with van der Waals surface area (Å²) in [5.41, 5.74) is -0.308. The molecule has 0 saturated heterocycles. The number of nitrogens with zero attached hydrogens (tertiary/aromatic N) is 1. The highest BCUT2D eigenvalue weighted by molar-refractivity contribution is 5.88. The number of anilines is 3. The van der Waals surface area contributed by atoms with Crippen LogP contribution in [0.3, 0.4) is 0 Å². The van der Waals surface area contributed by atoms with E-state index in [2.05, 4.69) is 0 Å². The lowest BCUT2D eigenvalue weighted by Gasteiger charge is -2.26. The van der Waals surface area contributed by atoms with Gasteiger partial charge in [-0.1, -0.05) is 170 Å². The van der Waals surface area contributed by atoms with Gasteiger partial charge in [0.1, 0.15) is 0 Å². The first kappa shape index (κ1) is 18.5. The van der Waals surface area contributed by atoms with Crippen LogP contribution in [0.25, 0.3) is 66.4 Å². The fraction of sp³-hybridized carbons (Fsp3) is 0. The Labute approximate surface area is 335 Å². The van der Waals surface area contributed by atoms with Crippen LogP contribution in [0.15, 0.2) is 224 Å². The van der Waals surface area contributed by atoms with Gasteiger partial charge in [0.15, 0.2) is 0 Å². The summed E-state index contributed by atoms with van der Waals surface area (Å²) in [7, 11) is 0. The van der Waals surface area contributed by atoms with Crippen molar-refractivity contribution < 1.29 is 23.3 Å². The molecular weight excluding hydrogens is 639 g/mol. The lowest BCUT2D eigenvalue weighted by molar-refractivity contribution is 1.28. The lowest BCUT2D eigenvalue weighted by Crippen LogP contribution is -2.09. The molecule has 0 aliphatic heterocycles. The number of rotatable bonds is 8. The van der Waals surface area contributed by atoms with E-state index in [1.54, 1.807) is 36.4 Å². The third-order valence-corrected chi connectivity index (χ3v) is 8.75. The van der Waals surface area contributed by atoms with E-state index in [1.807, 2.05) is 84.9 Å². The van der Waals surface area contributed by atoms with Gasteiger partial charge < -0.3 is 4.90 Å². The minimum Gasteiger partial charge on any atom is -0.311 e. The second kappa shape index (κ2) is 14.3. The molecule has 0 spiro atoms. The number of fused-ring (bicyclic) bond motifs is 1. The van der Waals surface area contributed by atoms with Crippen LogP contribution in [0.1, 0.15) is 23.3 Å². The molecule has 250 valence electrons. The van der Waals surface area contributed by atoms with Gasteiger partial charge in [-0.25, -0.2) is 0 Å². The van der Waals surface area contributed by atoms with Gasteiger partial charge in [-0.05, 0) is 121 Å². The maximum atomic E-state index is 9.57. The fourth-order valence-electron chi connectivity index (χ4n) is 6.09. The smallest absolute Gasteiger partial charge is 0.0645 e. The van der Waals surface area contributed by atoms with Crippen molar-refractivity contribution in [3.8, 4) is 55.6 Å². The van der Waals surface area contributed by atoms with Crippen LogP contribution in [0, 0.1) is 0 Å². The van der Waals surface area contributed by atoms with E-state index in [9.17, 15) is 16.4 Å². The molecule has 0 atom stereocenters. The molecule has 0 radical (unpaired) electrons. The summed E-state index contributed by atoms with van der Waals surface area (Å²) in [5, 5.41) is 1.99. The van der Waals surface area contributed by atoms with Crippen molar-refractivity contribution >= 4 is 27.8 Å². The predicted octanol–water partition coefficient (Wildman–Crippen LogP) is 14.6. The molecule has 1 heteroatoms. The van der Waals surface area contributed by atoms with Gasteiger partial charge in [0.2, 0.25) is 0 Å². The maximum Gasteiger partial charge on any atom is 0.0645 e. The number of hydrogen-bond acceptors (Lipinski definition) is 1. The molecule has 9 rings (SSSR count). The highest BCUT2D eigenvalue weighted by Crippen LogP contribution is 2.38. The highest BCUT2D eigenvalue weighted by Gasteiger charge is 2.14. The van der Waals surface area contributed by atoms with E-state index in [1.165, 1.54) is 0 Å². The summed E-state index contributed by atoms with van der Waals surface area (Å²) in [6.45, 7) is 0. The van der Waals surface area contributed by atoms with Crippen molar-refractivity contribution in [1.29, 1.82) is 0 Å². The third-order valence-electron chi connectivity index (χ3n) is 8.75. The fourth-order valence-corrected chi connectivity index (χ4v) is 6.09. The summed E-state index contributed by atoms with van der Waals surface area (Å²) >= 11 is 0. The van der Waals surface area contributed by atoms with E-state index in [0.29, 0.717) is 27.2 Å². The molecule has 9 aromatic carbocycles. The normalized spacial score (nSPS) is 15.5. The van der Waals surface area contributed by atoms with Crippen molar-refractivity contribution in [2.24, 2.45) is 0 Å². The lowest BCUT2D eigenvalue weighted by atomic mass is 9.97. The zero-order valence-corrected chi connectivity index (χ0v) is 28.0. The van der Waals surface area contributed by atoms with Gasteiger partial charge in [-0.3, -0.25) is 0 Å². The van der Waals surface area contributed by atoms with Crippen LogP contribution in [0.4, 0.5) is 17.1 Å². The molecule has 0 heterocycles. The van der Waals surface area contributed by atoms with Gasteiger partial charge in [0, 0.05) is 17.1 Å². The topological polar surface area (TPSA) is 3.24 Å². The van der Waals surface area contributed by atoms with E-state index in [4.69, 9.17) is 6.85 Å². The summed E-state index contributed by atoms with van der Waals surface area (Å²) < 4.78 is 155. The zero-order chi connectivity index (χ0) is 50.2. The van der Waals surface area contributed by atoms with Crippen molar-refractivity contribution in [2.75, 3.05) is 4.90 Å². The average Bonchev–Trinajstić information content (AvgIpc) is 3.37. The summed E-state index contributed by atoms with van der Waals surface area (Å²) in [4.78, 5) is 0.674. The molecule has 0 aliphatic carbocycles. The second-order valence-electron chi connectivity index (χ2n) is 12.1. The van der Waals surface area contributed by atoms with Crippen LogP contribution in [0.5, 0.6) is 0 Å². The molecule has 9 aromatic rings. The zero-order valence-electron chi connectivity index (χ0n) is 45.0. The van der Waals surface area contributed by atoms with Crippen molar-refractivity contribution in [1.82, 2.24) is 0 Å². The Hall–Kier alpha value is -6.96. The number of benzene rings is 9. The monoisotopic (exact) mass is 692 g/mol. The molecule has 0 aromatic heterocycles. The maximum absolute atomic E-state index is 9.57. The Kier molecular flexibility index (Phi) is 5.01. The first-order valence-electron chi connectivity index (χ1n) is 25.3. The van der Waals surface area contributed by atoms with Crippen LogP contribution in [-0.2, 0) is 0 Å². The molecule has 0 N–H and O–H groups in total. The minimum absolute atomic E-state index is 0.145. The van der Waals surface area contributed by atoms with Gasteiger partial charge in [0.25, 0.3) is 0 Å². The molecule has 0 amide bonds. The minimum atomic E-state index is -0.983. The Morgan fingerprint density at radius 3 is 1.21 bits per heavy atom. The predicted molar refractivity (Wildman–Crippen MR) is 226 cm³/mol. The quantitative estimate of drug-likeness (QED) is 0.153. The highest BCUT2D eigenvalue weighted by atomic mass is 15.1. The Balaban J connectivity index is 1.31. The largest absolute Gasteiger partial charge is 0.311 e. The third kappa shape index (κ3) is 6.77. The average molecular weight is 693 g/mol.